The van der Waals surface area contributed by atoms with Gasteiger partial charge in [-0.2, -0.15) is 0 Å². The van der Waals surface area contributed by atoms with Crippen LogP contribution in [0.15, 0.2) is 24.3 Å². The minimum absolute atomic E-state index is 0.255. The second-order valence-electron chi connectivity index (χ2n) is 5.82. The number of nitrogens with zero attached hydrogens (tertiary/aromatic N) is 1. The van der Waals surface area contributed by atoms with E-state index < -0.39 is 0 Å². The van der Waals surface area contributed by atoms with Crippen LogP contribution >= 0.6 is 0 Å². The number of likely N-dealkylation sites (tertiary alicyclic amines) is 1. The molecule has 1 fully saturated rings. The lowest BCUT2D eigenvalue weighted by atomic mass is 9.95. The molecule has 1 aromatic carbocycles. The second kappa shape index (κ2) is 6.89. The van der Waals surface area contributed by atoms with Gasteiger partial charge in [0.1, 0.15) is 0 Å². The first-order valence-corrected chi connectivity index (χ1v) is 7.74. The van der Waals surface area contributed by atoms with Crippen molar-refractivity contribution in [3.8, 4) is 0 Å². The van der Waals surface area contributed by atoms with Gasteiger partial charge >= 0.3 is 0 Å². The average molecular weight is 274 g/mol. The monoisotopic (exact) mass is 274 g/mol. The van der Waals surface area contributed by atoms with Gasteiger partial charge in [0.05, 0.1) is 0 Å². The molecule has 2 unspecified atom stereocenters. The molecule has 0 saturated carbocycles. The zero-order chi connectivity index (χ0) is 14.5. The summed E-state index contributed by atoms with van der Waals surface area (Å²) >= 11 is 0. The first-order chi connectivity index (χ1) is 9.65. The molecule has 0 aromatic heterocycles. The number of hydrogen-bond acceptors (Lipinski definition) is 2. The van der Waals surface area contributed by atoms with Crippen molar-refractivity contribution in [2.45, 2.75) is 51.5 Å². The van der Waals surface area contributed by atoms with Crippen LogP contribution in [0.2, 0.25) is 0 Å². The fourth-order valence-corrected chi connectivity index (χ4v) is 2.99. The van der Waals surface area contributed by atoms with Crippen molar-refractivity contribution in [2.75, 3.05) is 13.1 Å². The predicted molar refractivity (Wildman–Crippen MR) is 82.6 cm³/mol. The number of amides is 1. The Labute approximate surface area is 122 Å². The third-order valence-electron chi connectivity index (χ3n) is 4.41. The number of hydrogen-bond donors (Lipinski definition) is 1. The van der Waals surface area contributed by atoms with Crippen LogP contribution in [0, 0.1) is 0 Å². The minimum atomic E-state index is 0.255. The summed E-state index contributed by atoms with van der Waals surface area (Å²) in [6, 6.07) is 8.89. The summed E-state index contributed by atoms with van der Waals surface area (Å²) in [7, 11) is 0. The van der Waals surface area contributed by atoms with E-state index in [2.05, 4.69) is 38.1 Å². The molecule has 1 aromatic rings. The first kappa shape index (κ1) is 15.0. The summed E-state index contributed by atoms with van der Waals surface area (Å²) in [5, 5.41) is 0. The maximum atomic E-state index is 12.4. The molecule has 110 valence electrons. The molecule has 1 amide bonds. The topological polar surface area (TPSA) is 46.3 Å². The molecule has 0 aliphatic carbocycles. The van der Waals surface area contributed by atoms with Crippen molar-refractivity contribution in [2.24, 2.45) is 5.73 Å². The van der Waals surface area contributed by atoms with Crippen LogP contribution in [-0.4, -0.2) is 29.9 Å². The molecule has 3 heteroatoms. The van der Waals surface area contributed by atoms with Crippen molar-refractivity contribution in [3.63, 3.8) is 0 Å². The lowest BCUT2D eigenvalue weighted by Gasteiger charge is -2.25. The van der Waals surface area contributed by atoms with Crippen molar-refractivity contribution < 1.29 is 4.79 Å². The molecule has 1 saturated heterocycles. The van der Waals surface area contributed by atoms with E-state index in [0.29, 0.717) is 13.0 Å². The molecule has 1 aliphatic rings. The van der Waals surface area contributed by atoms with E-state index in [1.807, 2.05) is 4.90 Å². The van der Waals surface area contributed by atoms with Crippen LogP contribution in [0.3, 0.4) is 0 Å². The summed E-state index contributed by atoms with van der Waals surface area (Å²) in [4.78, 5) is 14.4. The Morgan fingerprint density at radius 3 is 2.70 bits per heavy atom. The normalized spacial score (nSPS) is 20.1. The Morgan fingerprint density at radius 2 is 2.10 bits per heavy atom. The Kier molecular flexibility index (Phi) is 5.18. The van der Waals surface area contributed by atoms with Gasteiger partial charge in [-0.05, 0) is 36.3 Å². The molecule has 0 bridgehead atoms. The van der Waals surface area contributed by atoms with Crippen LogP contribution in [0.1, 0.15) is 50.2 Å². The Hall–Kier alpha value is -1.35. The lowest BCUT2D eigenvalue weighted by Crippen LogP contribution is -2.40. The molecular weight excluding hydrogens is 248 g/mol. The Bertz CT molecular complexity index is 441. The summed E-state index contributed by atoms with van der Waals surface area (Å²) in [5.74, 6) is 0.525. The van der Waals surface area contributed by atoms with Crippen molar-refractivity contribution in [3.05, 3.63) is 35.4 Å². The van der Waals surface area contributed by atoms with Gasteiger partial charge in [-0.25, -0.2) is 0 Å². The number of rotatable bonds is 5. The fraction of sp³-hybridized carbons (Fsp3) is 0.588. The highest BCUT2D eigenvalue weighted by Gasteiger charge is 2.28. The fourth-order valence-electron chi connectivity index (χ4n) is 2.99. The van der Waals surface area contributed by atoms with Crippen LogP contribution < -0.4 is 5.73 Å². The van der Waals surface area contributed by atoms with E-state index in [1.165, 1.54) is 11.1 Å². The van der Waals surface area contributed by atoms with E-state index in [1.54, 1.807) is 0 Å². The summed E-state index contributed by atoms with van der Waals surface area (Å²) in [6.45, 7) is 5.75. The summed E-state index contributed by atoms with van der Waals surface area (Å²) in [6.07, 6.45) is 3.79. The molecule has 0 radical (unpaired) electrons. The zero-order valence-corrected chi connectivity index (χ0v) is 12.6. The van der Waals surface area contributed by atoms with Gasteiger partial charge in [0.15, 0.2) is 0 Å². The largest absolute Gasteiger partial charge is 0.338 e. The molecule has 2 N–H and O–H groups in total. The third-order valence-corrected chi connectivity index (χ3v) is 4.41. The van der Waals surface area contributed by atoms with E-state index in [0.717, 1.165) is 25.8 Å². The Balaban J connectivity index is 1.96. The molecule has 1 aliphatic heterocycles. The van der Waals surface area contributed by atoms with Crippen molar-refractivity contribution >= 4 is 5.91 Å². The van der Waals surface area contributed by atoms with Crippen molar-refractivity contribution in [1.29, 1.82) is 0 Å². The molecule has 2 atom stereocenters. The van der Waals surface area contributed by atoms with Crippen molar-refractivity contribution in [1.82, 2.24) is 4.90 Å². The average Bonchev–Trinajstić information content (AvgIpc) is 2.95. The molecule has 1 heterocycles. The lowest BCUT2D eigenvalue weighted by molar-refractivity contribution is -0.132. The maximum Gasteiger partial charge on any atom is 0.223 e. The Morgan fingerprint density at radius 1 is 1.40 bits per heavy atom. The quantitative estimate of drug-likeness (QED) is 0.897. The number of benzene rings is 1. The number of aryl methyl sites for hydroxylation is 1. The van der Waals surface area contributed by atoms with E-state index >= 15 is 0 Å². The highest BCUT2D eigenvalue weighted by atomic mass is 16.2. The molecule has 0 spiro atoms. The molecule has 3 nitrogen and oxygen atoms in total. The molecule has 2 rings (SSSR count). The van der Waals surface area contributed by atoms with Gasteiger partial charge in [0.25, 0.3) is 0 Å². The van der Waals surface area contributed by atoms with Gasteiger partial charge in [-0.3, -0.25) is 4.79 Å². The first-order valence-electron chi connectivity index (χ1n) is 7.74. The van der Waals surface area contributed by atoms with Gasteiger partial charge in [-0.1, -0.05) is 38.1 Å². The highest BCUT2D eigenvalue weighted by molar-refractivity contribution is 5.77. The second-order valence-corrected chi connectivity index (χ2v) is 5.82. The maximum absolute atomic E-state index is 12.4. The zero-order valence-electron chi connectivity index (χ0n) is 12.6. The number of carbonyl (C=O) groups is 1. The van der Waals surface area contributed by atoms with Crippen LogP contribution in [0.5, 0.6) is 0 Å². The van der Waals surface area contributed by atoms with Crippen LogP contribution in [-0.2, 0) is 11.2 Å². The molecular formula is C17H26N2O. The van der Waals surface area contributed by atoms with Gasteiger partial charge in [0, 0.05) is 25.6 Å². The number of nitrogens with two attached hydrogens (primary N) is 1. The molecule has 20 heavy (non-hydrogen) atoms. The highest BCUT2D eigenvalue weighted by Crippen LogP contribution is 2.24. The standard InChI is InChI=1S/C17H26N2O/c1-3-14-6-8-15(9-7-14)13(2)11-17(20)19-10-4-5-16(19)12-18/h6-9,13,16H,3-5,10-12,18H2,1-2H3. The smallest absolute Gasteiger partial charge is 0.223 e. The van der Waals surface area contributed by atoms with E-state index in [-0.39, 0.29) is 17.9 Å². The SMILES string of the molecule is CCc1ccc(C(C)CC(=O)N2CCCC2CN)cc1. The van der Waals surface area contributed by atoms with E-state index in [4.69, 9.17) is 5.73 Å². The summed E-state index contributed by atoms with van der Waals surface area (Å²) < 4.78 is 0. The van der Waals surface area contributed by atoms with Crippen LogP contribution in [0.4, 0.5) is 0 Å². The van der Waals surface area contributed by atoms with Crippen LogP contribution in [0.25, 0.3) is 0 Å². The van der Waals surface area contributed by atoms with Gasteiger partial charge < -0.3 is 10.6 Å². The minimum Gasteiger partial charge on any atom is -0.338 e. The predicted octanol–water partition coefficient (Wildman–Crippen LogP) is 2.69. The summed E-state index contributed by atoms with van der Waals surface area (Å²) in [5.41, 5.74) is 8.33. The van der Waals surface area contributed by atoms with E-state index in [9.17, 15) is 4.79 Å². The van der Waals surface area contributed by atoms with Gasteiger partial charge in [-0.15, -0.1) is 0 Å². The third kappa shape index (κ3) is 3.40. The van der Waals surface area contributed by atoms with Gasteiger partial charge in [0.2, 0.25) is 5.91 Å². The number of carbonyl (C=O) groups excluding carboxylic acids is 1.